The number of rotatable bonds is 6. The van der Waals surface area contributed by atoms with Gasteiger partial charge in [0.2, 0.25) is 0 Å². The second kappa shape index (κ2) is 8.51. The van der Waals surface area contributed by atoms with Gasteiger partial charge in [-0.2, -0.15) is 4.99 Å². The van der Waals surface area contributed by atoms with E-state index in [9.17, 15) is 14.9 Å². The molecule has 3 aromatic rings. The van der Waals surface area contributed by atoms with Crippen molar-refractivity contribution in [3.8, 4) is 5.75 Å². The fourth-order valence-corrected chi connectivity index (χ4v) is 3.95. The van der Waals surface area contributed by atoms with Gasteiger partial charge in [0.25, 0.3) is 11.6 Å². The number of para-hydroxylation sites is 1. The van der Waals surface area contributed by atoms with Gasteiger partial charge in [-0.3, -0.25) is 14.9 Å². The molecule has 0 saturated heterocycles. The first-order valence-corrected chi connectivity index (χ1v) is 9.34. The van der Waals surface area contributed by atoms with Crippen molar-refractivity contribution in [3.05, 3.63) is 61.9 Å². The molecule has 10 heteroatoms. The minimum atomic E-state index is -0.662. The fourth-order valence-electron chi connectivity index (χ4n) is 2.68. The van der Waals surface area contributed by atoms with E-state index in [0.29, 0.717) is 23.7 Å². The van der Waals surface area contributed by atoms with Gasteiger partial charge in [-0.25, -0.2) is 0 Å². The lowest BCUT2D eigenvalue weighted by Gasteiger charge is -2.08. The summed E-state index contributed by atoms with van der Waals surface area (Å²) in [6.07, 6.45) is 0. The molecule has 0 N–H and O–H groups in total. The number of nitro benzene ring substituents is 1. The average Bonchev–Trinajstić information content (AvgIpc) is 3.03. The minimum absolute atomic E-state index is 0.0291. The monoisotopic (exact) mass is 421 g/mol. The molecule has 0 saturated carbocycles. The number of hydrogen-bond acceptors (Lipinski definition) is 6. The van der Waals surface area contributed by atoms with E-state index in [4.69, 9.17) is 21.1 Å². The summed E-state index contributed by atoms with van der Waals surface area (Å²) in [5, 5.41) is 11.1. The molecule has 1 amide bonds. The smallest absolute Gasteiger partial charge is 0.281 e. The zero-order valence-corrected chi connectivity index (χ0v) is 16.6. The van der Waals surface area contributed by atoms with Gasteiger partial charge in [-0.1, -0.05) is 29.0 Å². The molecule has 0 aliphatic heterocycles. The molecular weight excluding hydrogens is 406 g/mol. The lowest BCUT2D eigenvalue weighted by Crippen LogP contribution is -2.19. The van der Waals surface area contributed by atoms with E-state index in [1.807, 2.05) is 22.8 Å². The molecule has 0 radical (unpaired) electrons. The van der Waals surface area contributed by atoms with Crippen LogP contribution in [-0.4, -0.2) is 36.2 Å². The topological polar surface area (TPSA) is 96.0 Å². The number of methoxy groups -OCH3 is 2. The molecule has 0 fully saturated rings. The second-order valence-electron chi connectivity index (χ2n) is 5.67. The summed E-state index contributed by atoms with van der Waals surface area (Å²) in [6, 6.07) is 9.25. The summed E-state index contributed by atoms with van der Waals surface area (Å²) < 4.78 is 13.3. The van der Waals surface area contributed by atoms with Crippen LogP contribution in [0.3, 0.4) is 0 Å². The number of aromatic nitrogens is 1. The summed E-state index contributed by atoms with van der Waals surface area (Å²) in [5.41, 5.74) is 0.538. The molecule has 1 heterocycles. The molecule has 0 aliphatic carbocycles. The first kappa shape index (κ1) is 20.0. The first-order chi connectivity index (χ1) is 13.5. The quantitative estimate of drug-likeness (QED) is 0.447. The Bertz CT molecular complexity index is 1120. The Morgan fingerprint density at radius 2 is 2.11 bits per heavy atom. The van der Waals surface area contributed by atoms with Crippen molar-refractivity contribution in [2.45, 2.75) is 6.54 Å². The summed E-state index contributed by atoms with van der Waals surface area (Å²) in [5.74, 6) is -0.0162. The SMILES string of the molecule is COCCn1c(=NC(=O)c2cc([N+](=O)[O-])ccc2Cl)sc2cccc(OC)c21. The van der Waals surface area contributed by atoms with E-state index >= 15 is 0 Å². The molecule has 0 atom stereocenters. The molecule has 0 unspecified atom stereocenters. The van der Waals surface area contributed by atoms with E-state index in [1.165, 1.54) is 23.5 Å². The van der Waals surface area contributed by atoms with Crippen molar-refractivity contribution >= 4 is 44.7 Å². The number of nitrogens with zero attached hydrogens (tertiary/aromatic N) is 3. The predicted molar refractivity (Wildman–Crippen MR) is 106 cm³/mol. The number of amides is 1. The van der Waals surface area contributed by atoms with Crippen LogP contribution in [0.5, 0.6) is 5.75 Å². The van der Waals surface area contributed by atoms with Crippen LogP contribution >= 0.6 is 22.9 Å². The van der Waals surface area contributed by atoms with Crippen molar-refractivity contribution < 1.29 is 19.2 Å². The lowest BCUT2D eigenvalue weighted by atomic mass is 10.2. The van der Waals surface area contributed by atoms with Crippen molar-refractivity contribution in [2.75, 3.05) is 20.8 Å². The number of thiazole rings is 1. The third-order valence-corrected chi connectivity index (χ3v) is 5.36. The maximum atomic E-state index is 12.7. The van der Waals surface area contributed by atoms with Crippen LogP contribution in [0.25, 0.3) is 10.2 Å². The first-order valence-electron chi connectivity index (χ1n) is 8.14. The van der Waals surface area contributed by atoms with Crippen LogP contribution in [0, 0.1) is 10.1 Å². The predicted octanol–water partition coefficient (Wildman–Crippen LogP) is 3.66. The van der Waals surface area contributed by atoms with Crippen LogP contribution < -0.4 is 9.54 Å². The third kappa shape index (κ3) is 3.91. The van der Waals surface area contributed by atoms with Crippen molar-refractivity contribution in [2.24, 2.45) is 4.99 Å². The number of fused-ring (bicyclic) bond motifs is 1. The summed E-state index contributed by atoms with van der Waals surface area (Å²) in [6.45, 7) is 0.856. The number of carbonyl (C=O) groups is 1. The van der Waals surface area contributed by atoms with Crippen LogP contribution in [0.15, 0.2) is 41.4 Å². The number of halogens is 1. The Kier molecular flexibility index (Phi) is 6.08. The number of non-ortho nitro benzene ring substituents is 1. The third-order valence-electron chi connectivity index (χ3n) is 3.99. The fraction of sp³-hybridized carbons (Fsp3) is 0.222. The number of nitro groups is 1. The van der Waals surface area contributed by atoms with Crippen molar-refractivity contribution in [1.82, 2.24) is 4.57 Å². The van der Waals surface area contributed by atoms with E-state index in [-0.39, 0.29) is 16.3 Å². The van der Waals surface area contributed by atoms with E-state index < -0.39 is 10.8 Å². The summed E-state index contributed by atoms with van der Waals surface area (Å²) in [4.78, 5) is 27.7. The van der Waals surface area contributed by atoms with E-state index in [0.717, 1.165) is 16.3 Å². The van der Waals surface area contributed by atoms with E-state index in [1.54, 1.807) is 14.2 Å². The van der Waals surface area contributed by atoms with Crippen LogP contribution in [0.1, 0.15) is 10.4 Å². The molecule has 8 nitrogen and oxygen atoms in total. The molecule has 28 heavy (non-hydrogen) atoms. The maximum absolute atomic E-state index is 12.7. The normalized spacial score (nSPS) is 11.8. The highest BCUT2D eigenvalue weighted by Crippen LogP contribution is 2.28. The molecule has 2 aromatic carbocycles. The number of benzene rings is 2. The molecule has 3 rings (SSSR count). The number of hydrogen-bond donors (Lipinski definition) is 0. The highest BCUT2D eigenvalue weighted by atomic mass is 35.5. The van der Waals surface area contributed by atoms with Gasteiger partial charge >= 0.3 is 0 Å². The molecule has 1 aromatic heterocycles. The van der Waals surface area contributed by atoms with Gasteiger partial charge in [0, 0.05) is 25.8 Å². The van der Waals surface area contributed by atoms with Gasteiger partial charge < -0.3 is 14.0 Å². The van der Waals surface area contributed by atoms with Gasteiger partial charge in [0.15, 0.2) is 4.80 Å². The number of carbonyl (C=O) groups excluding carboxylic acids is 1. The summed E-state index contributed by atoms with van der Waals surface area (Å²) in [7, 11) is 3.15. The van der Waals surface area contributed by atoms with Gasteiger partial charge in [0.05, 0.1) is 33.9 Å². The van der Waals surface area contributed by atoms with Gasteiger partial charge in [0.1, 0.15) is 11.3 Å². The van der Waals surface area contributed by atoms with Gasteiger partial charge in [-0.15, -0.1) is 0 Å². The lowest BCUT2D eigenvalue weighted by molar-refractivity contribution is -0.384. The molecule has 0 bridgehead atoms. The Balaban J connectivity index is 2.17. The minimum Gasteiger partial charge on any atom is -0.495 e. The van der Waals surface area contributed by atoms with Crippen LogP contribution in [-0.2, 0) is 11.3 Å². The average molecular weight is 422 g/mol. The molecular formula is C18H16ClN3O5S. The zero-order chi connectivity index (χ0) is 20.3. The molecule has 0 aliphatic rings. The molecule has 0 spiro atoms. The standard InChI is InChI=1S/C18H16ClN3O5S/c1-26-9-8-21-16-14(27-2)4-3-5-15(16)28-18(21)20-17(23)12-10-11(22(24)25)6-7-13(12)19/h3-7,10H,8-9H2,1-2H3. The Labute approximate surface area is 168 Å². The largest absolute Gasteiger partial charge is 0.495 e. The van der Waals surface area contributed by atoms with Crippen LogP contribution in [0.2, 0.25) is 5.02 Å². The second-order valence-corrected chi connectivity index (χ2v) is 7.09. The van der Waals surface area contributed by atoms with E-state index in [2.05, 4.69) is 4.99 Å². The Morgan fingerprint density at radius 3 is 2.79 bits per heavy atom. The highest BCUT2D eigenvalue weighted by Gasteiger charge is 2.17. The van der Waals surface area contributed by atoms with Gasteiger partial charge in [-0.05, 0) is 18.2 Å². The summed E-state index contributed by atoms with van der Waals surface area (Å²) >= 11 is 7.37. The zero-order valence-electron chi connectivity index (χ0n) is 15.0. The van der Waals surface area contributed by atoms with Crippen molar-refractivity contribution in [1.29, 1.82) is 0 Å². The highest BCUT2D eigenvalue weighted by molar-refractivity contribution is 7.16. The van der Waals surface area contributed by atoms with Crippen molar-refractivity contribution in [3.63, 3.8) is 0 Å². The maximum Gasteiger partial charge on any atom is 0.281 e. The Morgan fingerprint density at radius 1 is 1.32 bits per heavy atom. The molecule has 146 valence electrons. The van der Waals surface area contributed by atoms with Crippen LogP contribution in [0.4, 0.5) is 5.69 Å². The number of ether oxygens (including phenoxy) is 2. The Hall–Kier alpha value is -2.75.